The van der Waals surface area contributed by atoms with Gasteiger partial charge in [-0.15, -0.1) is 0 Å². The second kappa shape index (κ2) is 5.89. The summed E-state index contributed by atoms with van der Waals surface area (Å²) in [5.74, 6) is -3.01. The molecule has 5 nitrogen and oxygen atoms in total. The molecule has 0 aliphatic carbocycles. The number of halogens is 3. The standard InChI is InChI=1S/C9H9N3.C2HF3O2/c10-7-5-11-8-3-1-2-4-9(8)12-6-7;3-2(4,5)1(6)7/h1-6,11H,10H2;(H,6,7). The first kappa shape index (κ1) is 14.6. The lowest BCUT2D eigenvalue weighted by Gasteiger charge is -2.03. The number of rotatable bonds is 0. The predicted octanol–water partition coefficient (Wildman–Crippen LogP) is -1.01. The number of allylic oxidation sites excluding steroid dienone is 1. The van der Waals surface area contributed by atoms with Crippen LogP contribution < -0.4 is 21.1 Å². The number of nitrogens with one attached hydrogen (secondary N) is 2. The van der Waals surface area contributed by atoms with Crippen molar-refractivity contribution in [2.24, 2.45) is 5.73 Å². The zero-order valence-corrected chi connectivity index (χ0v) is 9.49. The molecule has 0 unspecified atom stereocenters. The lowest BCUT2D eigenvalue weighted by atomic mass is 10.3. The van der Waals surface area contributed by atoms with E-state index in [1.165, 1.54) is 0 Å². The van der Waals surface area contributed by atoms with Crippen molar-refractivity contribution in [1.29, 1.82) is 0 Å². The van der Waals surface area contributed by atoms with E-state index < -0.39 is 12.1 Å². The highest BCUT2D eigenvalue weighted by atomic mass is 19.4. The molecule has 102 valence electrons. The van der Waals surface area contributed by atoms with Gasteiger partial charge in [0.2, 0.25) is 5.69 Å². The van der Waals surface area contributed by atoms with Crippen LogP contribution in [-0.4, -0.2) is 18.4 Å². The van der Waals surface area contributed by atoms with Gasteiger partial charge in [-0.3, -0.25) is 0 Å². The summed E-state index contributed by atoms with van der Waals surface area (Å²) < 4.78 is 31.5. The smallest absolute Gasteiger partial charge is 0.430 e. The number of hydrogen-bond donors (Lipinski definition) is 3. The minimum Gasteiger partial charge on any atom is -0.542 e. The Labute approximate surface area is 106 Å². The Morgan fingerprint density at radius 2 is 1.89 bits per heavy atom. The van der Waals surface area contributed by atoms with Crippen LogP contribution >= 0.6 is 0 Å². The number of nitrogens with two attached hydrogens (primary N) is 1. The third kappa shape index (κ3) is 4.70. The van der Waals surface area contributed by atoms with Crippen LogP contribution in [0.4, 0.5) is 24.5 Å². The number of alkyl halides is 3. The normalized spacial score (nSPS) is 13.1. The van der Waals surface area contributed by atoms with Crippen LogP contribution in [0.2, 0.25) is 0 Å². The zero-order chi connectivity index (χ0) is 14.5. The Kier molecular flexibility index (Phi) is 4.51. The van der Waals surface area contributed by atoms with E-state index in [9.17, 15) is 13.2 Å². The fraction of sp³-hybridized carbons (Fsp3) is 0.0909. The van der Waals surface area contributed by atoms with Gasteiger partial charge in [-0.2, -0.15) is 13.2 Å². The lowest BCUT2D eigenvalue weighted by Crippen LogP contribution is -2.62. The predicted molar refractivity (Wildman–Crippen MR) is 60.1 cm³/mol. The summed E-state index contributed by atoms with van der Waals surface area (Å²) in [4.78, 5) is 11.9. The molecule has 0 amide bonds. The van der Waals surface area contributed by atoms with Gasteiger partial charge in [0.1, 0.15) is 17.4 Å². The van der Waals surface area contributed by atoms with Gasteiger partial charge < -0.3 is 21.0 Å². The maximum Gasteiger partial charge on any atom is 0.430 e. The van der Waals surface area contributed by atoms with Gasteiger partial charge in [-0.1, -0.05) is 12.1 Å². The number of anilines is 1. The topological polar surface area (TPSA) is 92.2 Å². The van der Waals surface area contributed by atoms with Crippen molar-refractivity contribution in [3.8, 4) is 0 Å². The van der Waals surface area contributed by atoms with E-state index in [4.69, 9.17) is 15.6 Å². The molecule has 0 saturated carbocycles. The summed E-state index contributed by atoms with van der Waals surface area (Å²) in [6, 6.07) is 7.93. The molecule has 0 fully saturated rings. The number of hydrogen-bond acceptors (Lipinski definition) is 4. The SMILES string of the molecule is NC1=CNc2ccccc2[NH+]=C1.O=C([O-])C(F)(F)F. The van der Waals surface area contributed by atoms with Crippen LogP contribution in [0.25, 0.3) is 0 Å². The number of carboxylic acids is 1. The molecule has 1 aromatic carbocycles. The first-order valence-electron chi connectivity index (χ1n) is 5.00. The van der Waals surface area contributed by atoms with Crippen LogP contribution in [0.1, 0.15) is 0 Å². The van der Waals surface area contributed by atoms with Crippen LogP contribution in [0, 0.1) is 0 Å². The van der Waals surface area contributed by atoms with Crippen LogP contribution in [0.15, 0.2) is 36.2 Å². The Morgan fingerprint density at radius 1 is 1.32 bits per heavy atom. The summed E-state index contributed by atoms with van der Waals surface area (Å²) in [6.45, 7) is 0. The molecule has 0 saturated heterocycles. The van der Waals surface area contributed by atoms with Crippen LogP contribution in [-0.2, 0) is 4.79 Å². The summed E-state index contributed by atoms with van der Waals surface area (Å²) in [5.41, 5.74) is 8.35. The van der Waals surface area contributed by atoms with Crippen LogP contribution in [0.5, 0.6) is 0 Å². The molecule has 0 radical (unpaired) electrons. The molecule has 4 N–H and O–H groups in total. The van der Waals surface area contributed by atoms with E-state index in [1.807, 2.05) is 24.3 Å². The van der Waals surface area contributed by atoms with Crippen molar-refractivity contribution in [1.82, 2.24) is 0 Å². The molecule has 0 aromatic heterocycles. The third-order valence-corrected chi connectivity index (χ3v) is 1.95. The molecule has 8 heteroatoms. The maximum atomic E-state index is 10.5. The highest BCUT2D eigenvalue weighted by Gasteiger charge is 2.28. The monoisotopic (exact) mass is 273 g/mol. The molecular formula is C11H10F3N3O2. The minimum absolute atomic E-state index is 0.686. The Hall–Kier alpha value is -2.51. The first-order valence-corrected chi connectivity index (χ1v) is 5.00. The molecule has 1 heterocycles. The average molecular weight is 273 g/mol. The molecule has 0 spiro atoms. The molecule has 2 rings (SSSR count). The zero-order valence-electron chi connectivity index (χ0n) is 9.49. The van der Waals surface area contributed by atoms with Crippen molar-refractivity contribution in [2.75, 3.05) is 5.32 Å². The van der Waals surface area contributed by atoms with E-state index in [0.717, 1.165) is 11.4 Å². The van der Waals surface area contributed by atoms with Crippen molar-refractivity contribution in [3.63, 3.8) is 0 Å². The minimum atomic E-state index is -5.19. The van der Waals surface area contributed by atoms with E-state index in [1.54, 1.807) is 12.4 Å². The van der Waals surface area contributed by atoms with Gasteiger partial charge in [0.05, 0.1) is 0 Å². The number of para-hydroxylation sites is 2. The quantitative estimate of drug-likeness (QED) is 0.565. The van der Waals surface area contributed by atoms with Gasteiger partial charge >= 0.3 is 6.18 Å². The summed E-state index contributed by atoms with van der Waals surface area (Å²) in [7, 11) is 0. The highest BCUT2D eigenvalue weighted by molar-refractivity contribution is 5.77. The molecule has 1 aliphatic rings. The second-order valence-corrected chi connectivity index (χ2v) is 3.41. The second-order valence-electron chi connectivity index (χ2n) is 3.41. The summed E-state index contributed by atoms with van der Waals surface area (Å²) in [5, 5.41) is 11.9. The number of fused-ring (bicyclic) bond motifs is 1. The molecule has 1 aromatic rings. The van der Waals surface area contributed by atoms with Gasteiger partial charge in [-0.05, 0) is 6.07 Å². The van der Waals surface area contributed by atoms with Gasteiger partial charge in [0.15, 0.2) is 6.21 Å². The van der Waals surface area contributed by atoms with Crippen LogP contribution in [0.3, 0.4) is 0 Å². The summed E-state index contributed by atoms with van der Waals surface area (Å²) >= 11 is 0. The molecular weight excluding hydrogens is 263 g/mol. The Balaban J connectivity index is 0.000000224. The van der Waals surface area contributed by atoms with E-state index in [2.05, 4.69) is 10.3 Å². The average Bonchev–Trinajstić information content (AvgIpc) is 2.52. The molecule has 0 bridgehead atoms. The number of benzene rings is 1. The number of aliphatic carboxylic acids is 1. The van der Waals surface area contributed by atoms with Crippen molar-refractivity contribution >= 4 is 23.6 Å². The Morgan fingerprint density at radius 3 is 2.47 bits per heavy atom. The molecule has 19 heavy (non-hydrogen) atoms. The fourth-order valence-corrected chi connectivity index (χ4v) is 1.10. The number of carboxylic acid groups (broad SMARTS) is 1. The molecule has 1 aliphatic heterocycles. The summed E-state index contributed by atoms with van der Waals surface area (Å²) in [6.07, 6.45) is -1.67. The van der Waals surface area contributed by atoms with Crippen molar-refractivity contribution in [2.45, 2.75) is 6.18 Å². The largest absolute Gasteiger partial charge is 0.542 e. The van der Waals surface area contributed by atoms with Gasteiger partial charge in [-0.25, -0.2) is 4.99 Å². The maximum absolute atomic E-state index is 10.5. The van der Waals surface area contributed by atoms with E-state index in [-0.39, 0.29) is 0 Å². The van der Waals surface area contributed by atoms with Gasteiger partial charge in [0.25, 0.3) is 0 Å². The Bertz CT molecular complexity index is 524. The number of carbonyl (C=O) groups is 1. The van der Waals surface area contributed by atoms with Crippen molar-refractivity contribution in [3.05, 3.63) is 36.2 Å². The number of carbonyl (C=O) groups excluding carboxylic acids is 1. The van der Waals surface area contributed by atoms with Crippen molar-refractivity contribution < 1.29 is 28.1 Å². The fourth-order valence-electron chi connectivity index (χ4n) is 1.10. The molecule has 0 atom stereocenters. The van der Waals surface area contributed by atoms with Gasteiger partial charge in [0, 0.05) is 12.3 Å². The lowest BCUT2D eigenvalue weighted by molar-refractivity contribution is -0.345. The van der Waals surface area contributed by atoms with E-state index >= 15 is 0 Å². The highest BCUT2D eigenvalue weighted by Crippen LogP contribution is 2.15. The first-order chi connectivity index (χ1) is 8.80. The third-order valence-electron chi connectivity index (χ3n) is 1.95. The van der Waals surface area contributed by atoms with E-state index in [0.29, 0.717) is 5.70 Å².